The van der Waals surface area contributed by atoms with Gasteiger partial charge in [-0.3, -0.25) is 0 Å². The van der Waals surface area contributed by atoms with Crippen LogP contribution in [-0.4, -0.2) is 22.7 Å². The minimum absolute atomic E-state index is 0.0172. The normalized spacial score (nSPS) is 20.5. The minimum atomic E-state index is -0.373. The Morgan fingerprint density at radius 1 is 1.10 bits per heavy atom. The number of carbonyl (C=O) groups is 1. The van der Waals surface area contributed by atoms with Gasteiger partial charge in [-0.05, 0) is 36.6 Å². The van der Waals surface area contributed by atoms with Crippen molar-refractivity contribution in [1.82, 2.24) is 4.57 Å². The topological polar surface area (TPSA) is 40.5 Å². The number of nitrogens with zero attached hydrogens (tertiary/aromatic N) is 1. The van der Waals surface area contributed by atoms with Crippen molar-refractivity contribution in [3.8, 4) is 17.0 Å². The molecule has 4 nitrogen and oxygen atoms in total. The van der Waals surface area contributed by atoms with Crippen LogP contribution in [0.4, 0.5) is 0 Å². The van der Waals surface area contributed by atoms with Crippen LogP contribution in [0.15, 0.2) is 67.3 Å². The van der Waals surface area contributed by atoms with Crippen LogP contribution in [0.2, 0.25) is 0 Å². The molecule has 0 bridgehead atoms. The van der Waals surface area contributed by atoms with Gasteiger partial charge in [0.1, 0.15) is 18.0 Å². The van der Waals surface area contributed by atoms with E-state index < -0.39 is 0 Å². The van der Waals surface area contributed by atoms with E-state index in [2.05, 4.69) is 74.5 Å². The first kappa shape index (κ1) is 19.3. The Morgan fingerprint density at radius 2 is 1.83 bits per heavy atom. The van der Waals surface area contributed by atoms with Crippen molar-refractivity contribution in [3.63, 3.8) is 0 Å². The number of carbonyl (C=O) groups excluding carboxylic acids is 1. The monoisotopic (exact) mass is 389 g/mol. The van der Waals surface area contributed by atoms with Gasteiger partial charge in [0.05, 0.1) is 5.52 Å². The number of ether oxygens (including phenoxy) is 2. The number of hydrogen-bond donors (Lipinski definition) is 0. The lowest BCUT2D eigenvalue weighted by atomic mass is 9.87. The molecule has 3 aromatic rings. The molecule has 0 saturated heterocycles. The molecule has 0 amide bonds. The molecule has 1 saturated carbocycles. The average molecular weight is 389 g/mol. The zero-order valence-corrected chi connectivity index (χ0v) is 17.2. The molecule has 150 valence electrons. The van der Waals surface area contributed by atoms with Crippen LogP contribution in [0.25, 0.3) is 22.2 Å². The second kappa shape index (κ2) is 7.43. The van der Waals surface area contributed by atoms with Crippen molar-refractivity contribution in [2.75, 3.05) is 0 Å². The lowest BCUT2D eigenvalue weighted by molar-refractivity contribution is -0.148. The van der Waals surface area contributed by atoms with E-state index in [0.29, 0.717) is 0 Å². The molecule has 1 fully saturated rings. The summed E-state index contributed by atoms with van der Waals surface area (Å²) in [7, 11) is 2.08. The van der Waals surface area contributed by atoms with Gasteiger partial charge in [-0.25, -0.2) is 4.79 Å². The lowest BCUT2D eigenvalue weighted by Gasteiger charge is -2.32. The van der Waals surface area contributed by atoms with E-state index in [-0.39, 0.29) is 23.6 Å². The van der Waals surface area contributed by atoms with E-state index in [0.717, 1.165) is 24.1 Å². The first-order valence-electron chi connectivity index (χ1n) is 10.0. The summed E-state index contributed by atoms with van der Waals surface area (Å²) in [5, 5.41) is 1.18. The van der Waals surface area contributed by atoms with Crippen LogP contribution in [0.3, 0.4) is 0 Å². The molecule has 1 aliphatic rings. The van der Waals surface area contributed by atoms with E-state index in [9.17, 15) is 4.79 Å². The summed E-state index contributed by atoms with van der Waals surface area (Å²) in [5.74, 6) is 0.467. The van der Waals surface area contributed by atoms with Crippen molar-refractivity contribution < 1.29 is 14.3 Å². The third-order valence-electron chi connectivity index (χ3n) is 6.14. The first-order valence-corrected chi connectivity index (χ1v) is 10.0. The second-order valence-electron chi connectivity index (χ2n) is 8.31. The SMILES string of the molecule is C=CC(=O)OC1CCC(Oc2ccc3cc(-c4ccccc4)n(C)c3c2)C1(C)C. The van der Waals surface area contributed by atoms with Crippen molar-refractivity contribution >= 4 is 16.9 Å². The molecular weight excluding hydrogens is 362 g/mol. The Balaban J connectivity index is 1.58. The summed E-state index contributed by atoms with van der Waals surface area (Å²) >= 11 is 0. The zero-order valence-electron chi connectivity index (χ0n) is 17.2. The highest BCUT2D eigenvalue weighted by Gasteiger charge is 2.47. The van der Waals surface area contributed by atoms with Gasteiger partial charge >= 0.3 is 5.97 Å². The summed E-state index contributed by atoms with van der Waals surface area (Å²) in [5.41, 5.74) is 3.23. The maximum atomic E-state index is 11.6. The van der Waals surface area contributed by atoms with Crippen LogP contribution < -0.4 is 4.74 Å². The molecule has 0 spiro atoms. The highest BCUT2D eigenvalue weighted by molar-refractivity contribution is 5.88. The van der Waals surface area contributed by atoms with Crippen LogP contribution in [0, 0.1) is 5.41 Å². The second-order valence-corrected chi connectivity index (χ2v) is 8.31. The smallest absolute Gasteiger partial charge is 0.330 e. The predicted octanol–water partition coefficient (Wildman–Crippen LogP) is 5.51. The van der Waals surface area contributed by atoms with E-state index in [1.165, 1.54) is 22.7 Å². The van der Waals surface area contributed by atoms with Gasteiger partial charge in [-0.15, -0.1) is 0 Å². The largest absolute Gasteiger partial charge is 0.490 e. The van der Waals surface area contributed by atoms with Gasteiger partial charge < -0.3 is 14.0 Å². The molecule has 0 aliphatic heterocycles. The van der Waals surface area contributed by atoms with Crippen molar-refractivity contribution in [3.05, 3.63) is 67.3 Å². The quantitative estimate of drug-likeness (QED) is 0.427. The fourth-order valence-corrected chi connectivity index (χ4v) is 4.30. The Hall–Kier alpha value is -3.01. The molecule has 2 aromatic carbocycles. The van der Waals surface area contributed by atoms with E-state index in [4.69, 9.17) is 9.47 Å². The summed E-state index contributed by atoms with van der Waals surface area (Å²) in [6, 6.07) is 18.8. The molecular formula is C25H27NO3. The molecule has 2 unspecified atom stereocenters. The fourth-order valence-electron chi connectivity index (χ4n) is 4.30. The molecule has 29 heavy (non-hydrogen) atoms. The molecule has 1 heterocycles. The van der Waals surface area contributed by atoms with E-state index in [1.54, 1.807) is 0 Å². The van der Waals surface area contributed by atoms with Gasteiger partial charge in [-0.2, -0.15) is 0 Å². The number of fused-ring (bicyclic) bond motifs is 1. The summed E-state index contributed by atoms with van der Waals surface area (Å²) in [6.07, 6.45) is 2.68. The molecule has 0 N–H and O–H groups in total. The number of benzene rings is 2. The fraction of sp³-hybridized carbons (Fsp3) is 0.320. The highest BCUT2D eigenvalue weighted by Crippen LogP contribution is 2.42. The van der Waals surface area contributed by atoms with Crippen LogP contribution in [0.5, 0.6) is 5.75 Å². The Morgan fingerprint density at radius 3 is 2.55 bits per heavy atom. The van der Waals surface area contributed by atoms with Gasteiger partial charge in [0.2, 0.25) is 0 Å². The maximum absolute atomic E-state index is 11.6. The maximum Gasteiger partial charge on any atom is 0.330 e. The van der Waals surface area contributed by atoms with Crippen molar-refractivity contribution in [2.24, 2.45) is 12.5 Å². The number of aromatic nitrogens is 1. The van der Waals surface area contributed by atoms with E-state index in [1.807, 2.05) is 12.1 Å². The van der Waals surface area contributed by atoms with Crippen LogP contribution in [-0.2, 0) is 16.6 Å². The minimum Gasteiger partial charge on any atom is -0.490 e. The van der Waals surface area contributed by atoms with Gasteiger partial charge in [-0.1, -0.05) is 50.8 Å². The molecule has 2 atom stereocenters. The lowest BCUT2D eigenvalue weighted by Crippen LogP contribution is -2.38. The molecule has 1 aliphatic carbocycles. The molecule has 4 rings (SSSR count). The summed E-state index contributed by atoms with van der Waals surface area (Å²) in [6.45, 7) is 7.69. The summed E-state index contributed by atoms with van der Waals surface area (Å²) in [4.78, 5) is 11.6. The van der Waals surface area contributed by atoms with Crippen LogP contribution >= 0.6 is 0 Å². The summed E-state index contributed by atoms with van der Waals surface area (Å²) < 4.78 is 14.1. The molecule has 0 radical (unpaired) electrons. The number of esters is 1. The van der Waals surface area contributed by atoms with Gasteiger partial charge in [0.15, 0.2) is 0 Å². The average Bonchev–Trinajstić information content (AvgIpc) is 3.19. The number of hydrogen-bond acceptors (Lipinski definition) is 3. The van der Waals surface area contributed by atoms with Crippen molar-refractivity contribution in [1.29, 1.82) is 0 Å². The predicted molar refractivity (Wildman–Crippen MR) is 116 cm³/mol. The van der Waals surface area contributed by atoms with Gasteiger partial charge in [0.25, 0.3) is 0 Å². The van der Waals surface area contributed by atoms with Gasteiger partial charge in [0, 0.05) is 35.7 Å². The zero-order chi connectivity index (χ0) is 20.6. The van der Waals surface area contributed by atoms with E-state index >= 15 is 0 Å². The number of aryl methyl sites for hydroxylation is 1. The molecule has 1 aromatic heterocycles. The first-order chi connectivity index (χ1) is 13.9. The van der Waals surface area contributed by atoms with Crippen LogP contribution in [0.1, 0.15) is 26.7 Å². The van der Waals surface area contributed by atoms with Crippen molar-refractivity contribution in [2.45, 2.75) is 38.9 Å². The Kier molecular flexibility index (Phi) is 4.95. The third-order valence-corrected chi connectivity index (χ3v) is 6.14. The highest BCUT2D eigenvalue weighted by atomic mass is 16.5. The standard InChI is InChI=1S/C25H27NO3/c1-5-24(27)29-23-14-13-22(25(23,2)3)28-19-12-11-18-15-20(26(4)21(18)16-19)17-9-7-6-8-10-17/h5-12,15-16,22-23H,1,13-14H2,2-4H3. The Labute approximate surface area is 171 Å². The Bertz CT molecular complexity index is 1050. The third kappa shape index (κ3) is 3.55. The number of rotatable bonds is 5. The molecule has 4 heteroatoms.